The van der Waals surface area contributed by atoms with Crippen LogP contribution in [0.25, 0.3) is 0 Å². The van der Waals surface area contributed by atoms with Crippen LogP contribution in [0.2, 0.25) is 0 Å². The van der Waals surface area contributed by atoms with Crippen LogP contribution in [0.3, 0.4) is 0 Å². The maximum Gasteiger partial charge on any atom is 0.146 e. The van der Waals surface area contributed by atoms with Crippen molar-refractivity contribution in [3.63, 3.8) is 0 Å². The van der Waals surface area contributed by atoms with Crippen molar-refractivity contribution in [3.8, 4) is 0 Å². The van der Waals surface area contributed by atoms with Crippen molar-refractivity contribution >= 4 is 5.69 Å². The average molecular weight is 252 g/mol. The second kappa shape index (κ2) is 6.16. The molecule has 1 heterocycles. The lowest BCUT2D eigenvalue weighted by atomic mass is 9.92. The summed E-state index contributed by atoms with van der Waals surface area (Å²) >= 11 is 0. The van der Waals surface area contributed by atoms with Gasteiger partial charge in [0.2, 0.25) is 0 Å². The zero-order valence-electron chi connectivity index (χ0n) is 10.8. The quantitative estimate of drug-likeness (QED) is 0.891. The third kappa shape index (κ3) is 2.82. The number of rotatable bonds is 4. The summed E-state index contributed by atoms with van der Waals surface area (Å²) in [6.07, 6.45) is 2.16. The Morgan fingerprint density at radius 3 is 2.89 bits per heavy atom. The first-order valence-corrected chi connectivity index (χ1v) is 6.49. The first-order chi connectivity index (χ1) is 8.74. The summed E-state index contributed by atoms with van der Waals surface area (Å²) in [4.78, 5) is 1.95. The molecule has 1 aromatic carbocycles. The summed E-state index contributed by atoms with van der Waals surface area (Å²) in [6.45, 7) is 2.07. The Kier molecular flexibility index (Phi) is 4.55. The van der Waals surface area contributed by atoms with E-state index in [4.69, 9.17) is 10.5 Å². The summed E-state index contributed by atoms with van der Waals surface area (Å²) in [6, 6.07) is 6.95. The summed E-state index contributed by atoms with van der Waals surface area (Å²) < 4.78 is 19.3. The minimum absolute atomic E-state index is 0.127. The molecule has 0 radical (unpaired) electrons. The molecule has 1 saturated heterocycles. The van der Waals surface area contributed by atoms with Gasteiger partial charge in [-0.1, -0.05) is 12.1 Å². The first kappa shape index (κ1) is 13.3. The molecule has 0 amide bonds. The van der Waals surface area contributed by atoms with E-state index in [9.17, 15) is 4.39 Å². The van der Waals surface area contributed by atoms with E-state index >= 15 is 0 Å². The highest BCUT2D eigenvalue weighted by molar-refractivity contribution is 5.48. The molecule has 0 saturated carbocycles. The Bertz CT molecular complexity index is 380. The van der Waals surface area contributed by atoms with Crippen LogP contribution in [0.5, 0.6) is 0 Å². The molecule has 1 aliphatic heterocycles. The topological polar surface area (TPSA) is 38.5 Å². The number of benzene rings is 1. The lowest BCUT2D eigenvalue weighted by Gasteiger charge is -2.37. The number of nitrogens with two attached hydrogens (primary N) is 1. The lowest BCUT2D eigenvalue weighted by Crippen LogP contribution is -2.46. The van der Waals surface area contributed by atoms with Crippen LogP contribution in [0.4, 0.5) is 10.1 Å². The lowest BCUT2D eigenvalue weighted by molar-refractivity contribution is 0.0453. The maximum atomic E-state index is 13.8. The van der Waals surface area contributed by atoms with E-state index in [-0.39, 0.29) is 11.9 Å². The number of hydrogen-bond acceptors (Lipinski definition) is 3. The standard InChI is InChI=1S/C14H21FN2O/c1-17(13-7-3-2-6-12(13)15)14(9-16)11-5-4-8-18-10-11/h2-3,6-7,11,14H,4-5,8-10,16H2,1H3. The summed E-state index contributed by atoms with van der Waals surface area (Å²) in [5.74, 6) is 0.184. The largest absolute Gasteiger partial charge is 0.381 e. The predicted molar refractivity (Wildman–Crippen MR) is 71.2 cm³/mol. The molecule has 2 N–H and O–H groups in total. The van der Waals surface area contributed by atoms with Crippen LogP contribution in [0, 0.1) is 11.7 Å². The Morgan fingerprint density at radius 1 is 1.50 bits per heavy atom. The van der Waals surface area contributed by atoms with Crippen molar-refractivity contribution in [2.24, 2.45) is 11.7 Å². The third-order valence-electron chi connectivity index (χ3n) is 3.71. The molecule has 2 rings (SSSR count). The van der Waals surface area contributed by atoms with Crippen LogP contribution >= 0.6 is 0 Å². The smallest absolute Gasteiger partial charge is 0.146 e. The normalized spacial score (nSPS) is 21.6. The minimum atomic E-state index is -0.199. The van der Waals surface area contributed by atoms with Gasteiger partial charge in [0.25, 0.3) is 0 Å². The zero-order chi connectivity index (χ0) is 13.0. The van der Waals surface area contributed by atoms with Crippen molar-refractivity contribution in [3.05, 3.63) is 30.1 Å². The molecule has 0 spiro atoms. The van der Waals surface area contributed by atoms with Crippen LogP contribution < -0.4 is 10.6 Å². The molecular formula is C14H21FN2O. The molecule has 100 valence electrons. The fraction of sp³-hybridized carbons (Fsp3) is 0.571. The van der Waals surface area contributed by atoms with Gasteiger partial charge < -0.3 is 15.4 Å². The van der Waals surface area contributed by atoms with Gasteiger partial charge in [0.05, 0.1) is 12.3 Å². The van der Waals surface area contributed by atoms with E-state index in [1.807, 2.05) is 18.0 Å². The Morgan fingerprint density at radius 2 is 2.28 bits per heavy atom. The molecule has 3 nitrogen and oxygen atoms in total. The van der Waals surface area contributed by atoms with Crippen molar-refractivity contribution in [1.82, 2.24) is 0 Å². The monoisotopic (exact) mass is 252 g/mol. The fourth-order valence-electron chi connectivity index (χ4n) is 2.65. The van der Waals surface area contributed by atoms with Gasteiger partial charge in [0.15, 0.2) is 0 Å². The Hall–Kier alpha value is -1.13. The third-order valence-corrected chi connectivity index (χ3v) is 3.71. The molecule has 18 heavy (non-hydrogen) atoms. The second-order valence-corrected chi connectivity index (χ2v) is 4.84. The van der Waals surface area contributed by atoms with E-state index in [0.717, 1.165) is 26.1 Å². The van der Waals surface area contributed by atoms with Gasteiger partial charge >= 0.3 is 0 Å². The second-order valence-electron chi connectivity index (χ2n) is 4.84. The first-order valence-electron chi connectivity index (χ1n) is 6.49. The van der Waals surface area contributed by atoms with Gasteiger partial charge in [-0.3, -0.25) is 0 Å². The van der Waals surface area contributed by atoms with Gasteiger partial charge in [-0.2, -0.15) is 0 Å². The van der Waals surface area contributed by atoms with E-state index in [1.165, 1.54) is 6.07 Å². The molecule has 1 fully saturated rings. The van der Waals surface area contributed by atoms with Crippen LogP contribution in [0.1, 0.15) is 12.8 Å². The van der Waals surface area contributed by atoms with Crippen molar-refractivity contribution in [2.75, 3.05) is 31.7 Å². The van der Waals surface area contributed by atoms with Gasteiger partial charge in [-0.15, -0.1) is 0 Å². The molecule has 2 unspecified atom stereocenters. The van der Waals surface area contributed by atoms with E-state index < -0.39 is 0 Å². The van der Waals surface area contributed by atoms with E-state index in [1.54, 1.807) is 12.1 Å². The molecule has 0 aromatic heterocycles. The number of likely N-dealkylation sites (N-methyl/N-ethyl adjacent to an activating group) is 1. The molecule has 1 aliphatic rings. The number of para-hydroxylation sites is 1. The summed E-state index contributed by atoms with van der Waals surface area (Å²) in [5, 5.41) is 0. The minimum Gasteiger partial charge on any atom is -0.381 e. The summed E-state index contributed by atoms with van der Waals surface area (Å²) in [7, 11) is 1.91. The molecule has 1 aromatic rings. The van der Waals surface area contributed by atoms with Crippen molar-refractivity contribution in [1.29, 1.82) is 0 Å². The van der Waals surface area contributed by atoms with Crippen LogP contribution in [-0.4, -0.2) is 32.8 Å². The van der Waals surface area contributed by atoms with Crippen LogP contribution in [0.15, 0.2) is 24.3 Å². The van der Waals surface area contributed by atoms with Gasteiger partial charge in [-0.05, 0) is 25.0 Å². The van der Waals surface area contributed by atoms with Gasteiger partial charge in [0.1, 0.15) is 5.82 Å². The molecule has 2 atom stereocenters. The summed E-state index contributed by atoms with van der Waals surface area (Å²) in [5.41, 5.74) is 6.48. The Labute approximate surface area is 108 Å². The number of nitrogens with zero attached hydrogens (tertiary/aromatic N) is 1. The molecule has 4 heteroatoms. The van der Waals surface area contributed by atoms with Gasteiger partial charge in [0, 0.05) is 32.2 Å². The van der Waals surface area contributed by atoms with E-state index in [2.05, 4.69) is 0 Å². The number of anilines is 1. The highest BCUT2D eigenvalue weighted by atomic mass is 19.1. The van der Waals surface area contributed by atoms with Gasteiger partial charge in [-0.25, -0.2) is 4.39 Å². The Balaban J connectivity index is 2.14. The number of ether oxygens (including phenoxy) is 1. The van der Waals surface area contributed by atoms with Crippen molar-refractivity contribution in [2.45, 2.75) is 18.9 Å². The maximum absolute atomic E-state index is 13.8. The molecule has 0 aliphatic carbocycles. The number of hydrogen-bond donors (Lipinski definition) is 1. The molecule has 0 bridgehead atoms. The SMILES string of the molecule is CN(c1ccccc1F)C(CN)C1CCCOC1. The highest BCUT2D eigenvalue weighted by Gasteiger charge is 2.27. The highest BCUT2D eigenvalue weighted by Crippen LogP contribution is 2.26. The van der Waals surface area contributed by atoms with E-state index in [0.29, 0.717) is 18.2 Å². The predicted octanol–water partition coefficient (Wildman–Crippen LogP) is 2.02. The number of halogens is 1. The van der Waals surface area contributed by atoms with Crippen LogP contribution in [-0.2, 0) is 4.74 Å². The fourth-order valence-corrected chi connectivity index (χ4v) is 2.65. The molecular weight excluding hydrogens is 231 g/mol. The van der Waals surface area contributed by atoms with Crippen molar-refractivity contribution < 1.29 is 9.13 Å². The zero-order valence-corrected chi connectivity index (χ0v) is 10.8. The average Bonchev–Trinajstić information content (AvgIpc) is 2.41.